The number of nitrogens with zero attached hydrogens (tertiary/aromatic N) is 4. The van der Waals surface area contributed by atoms with Crippen molar-refractivity contribution in [1.82, 2.24) is 19.8 Å². The Morgan fingerprint density at radius 2 is 1.85 bits per heavy atom. The number of hydrogen-bond acceptors (Lipinski definition) is 7. The number of halogens is 2. The molecule has 0 radical (unpaired) electrons. The number of carbonyl (C=O) groups excluding carboxylic acids is 3. The second kappa shape index (κ2) is 10.7. The van der Waals surface area contributed by atoms with Crippen molar-refractivity contribution in [3.63, 3.8) is 0 Å². The monoisotopic (exact) mass is 574 g/mol. The summed E-state index contributed by atoms with van der Waals surface area (Å²) in [5.74, 6) is -1.89. The Balaban J connectivity index is 1.29. The van der Waals surface area contributed by atoms with E-state index in [-0.39, 0.29) is 34.3 Å². The van der Waals surface area contributed by atoms with Crippen molar-refractivity contribution in [2.24, 2.45) is 0 Å². The molecule has 0 aliphatic carbocycles. The summed E-state index contributed by atoms with van der Waals surface area (Å²) in [5.41, 5.74) is 2.69. The number of hydrogen-bond donors (Lipinski definition) is 0. The molecule has 0 atom stereocenters. The molecule has 4 aromatic rings. The van der Waals surface area contributed by atoms with E-state index in [0.29, 0.717) is 30.5 Å². The van der Waals surface area contributed by atoms with E-state index in [0.717, 1.165) is 33.8 Å². The fourth-order valence-electron chi connectivity index (χ4n) is 4.73. The average Bonchev–Trinajstić information content (AvgIpc) is 3.23. The first-order valence-electron chi connectivity index (χ1n) is 12.3. The number of thioether (sulfide) groups is 1. The molecule has 3 amide bonds. The van der Waals surface area contributed by atoms with Crippen LogP contribution in [0.2, 0.25) is 5.28 Å². The van der Waals surface area contributed by atoms with Gasteiger partial charge in [0.1, 0.15) is 12.3 Å². The number of imide groups is 1. The zero-order valence-corrected chi connectivity index (χ0v) is 22.4. The molecular weight excluding hydrogens is 555 g/mol. The number of ether oxygens (including phenoxy) is 1. The first-order valence-corrected chi connectivity index (χ1v) is 13.5. The number of benzene rings is 3. The third kappa shape index (κ3) is 5.03. The van der Waals surface area contributed by atoms with Crippen molar-refractivity contribution in [2.75, 3.05) is 13.1 Å². The van der Waals surface area contributed by atoms with Gasteiger partial charge in [-0.1, -0.05) is 54.6 Å². The fourth-order valence-corrected chi connectivity index (χ4v) is 5.68. The summed E-state index contributed by atoms with van der Waals surface area (Å²) in [6.45, 7) is 0.595. The summed E-state index contributed by atoms with van der Waals surface area (Å²) in [6.07, 6.45) is 3.13. The van der Waals surface area contributed by atoms with Gasteiger partial charge in [0, 0.05) is 18.7 Å². The van der Waals surface area contributed by atoms with Crippen LogP contribution in [0.15, 0.2) is 71.8 Å². The maximum atomic E-state index is 14.4. The van der Waals surface area contributed by atoms with Gasteiger partial charge in [0.25, 0.3) is 17.0 Å². The number of fused-ring (bicyclic) bond motifs is 2. The van der Waals surface area contributed by atoms with E-state index in [4.69, 9.17) is 16.3 Å². The molecule has 0 saturated carbocycles. The minimum absolute atomic E-state index is 0.115. The van der Waals surface area contributed by atoms with Crippen LogP contribution in [0.4, 0.5) is 9.18 Å². The Bertz CT molecular complexity index is 1730. The van der Waals surface area contributed by atoms with Gasteiger partial charge in [0.15, 0.2) is 0 Å². The van der Waals surface area contributed by atoms with E-state index in [1.165, 1.54) is 11.6 Å². The molecule has 2 aliphatic rings. The van der Waals surface area contributed by atoms with Gasteiger partial charge in [-0.15, -0.1) is 0 Å². The van der Waals surface area contributed by atoms with E-state index in [1.807, 2.05) is 48.5 Å². The molecule has 1 fully saturated rings. The SMILES string of the molecule is O=C(CN1C(=O)S/C(=C/c2c(Oc3nc(Cl)ncc3F)ccc3ccccc23)C1=O)N1CCc2ccccc2C1. The fraction of sp³-hybridized carbons (Fsp3) is 0.138. The first-order chi connectivity index (χ1) is 19.4. The number of amides is 3. The minimum atomic E-state index is -0.817. The molecule has 3 heterocycles. The summed E-state index contributed by atoms with van der Waals surface area (Å²) in [5, 5.41) is 0.803. The zero-order valence-electron chi connectivity index (χ0n) is 20.8. The lowest BCUT2D eigenvalue weighted by Crippen LogP contribution is -2.44. The molecule has 40 heavy (non-hydrogen) atoms. The number of aromatic nitrogens is 2. The number of carbonyl (C=O) groups is 3. The van der Waals surface area contributed by atoms with Gasteiger partial charge in [0.2, 0.25) is 17.0 Å². The molecule has 1 saturated heterocycles. The number of rotatable bonds is 5. The van der Waals surface area contributed by atoms with Crippen LogP contribution in [-0.4, -0.2) is 49.9 Å². The van der Waals surface area contributed by atoms with E-state index >= 15 is 0 Å². The zero-order chi connectivity index (χ0) is 27.8. The normalized spacial score (nSPS) is 16.1. The molecule has 2 aliphatic heterocycles. The molecule has 6 rings (SSSR count). The van der Waals surface area contributed by atoms with E-state index < -0.39 is 17.0 Å². The third-order valence-electron chi connectivity index (χ3n) is 6.75. The Labute approximate surface area is 237 Å². The topological polar surface area (TPSA) is 92.7 Å². The molecule has 0 bridgehead atoms. The van der Waals surface area contributed by atoms with Crippen molar-refractivity contribution < 1.29 is 23.5 Å². The second-order valence-corrected chi connectivity index (χ2v) is 10.5. The Morgan fingerprint density at radius 3 is 2.70 bits per heavy atom. The molecule has 8 nitrogen and oxygen atoms in total. The molecule has 3 aromatic carbocycles. The molecule has 200 valence electrons. The van der Waals surface area contributed by atoms with Gasteiger partial charge in [-0.2, -0.15) is 9.37 Å². The second-order valence-electron chi connectivity index (χ2n) is 9.19. The van der Waals surface area contributed by atoms with Crippen LogP contribution >= 0.6 is 23.4 Å². The van der Waals surface area contributed by atoms with Gasteiger partial charge in [-0.05, 0) is 63.8 Å². The predicted molar refractivity (Wildman–Crippen MR) is 149 cm³/mol. The quantitative estimate of drug-likeness (QED) is 0.218. The Hall–Kier alpha value is -4.28. The van der Waals surface area contributed by atoms with Crippen LogP contribution in [0.25, 0.3) is 16.8 Å². The van der Waals surface area contributed by atoms with E-state index in [2.05, 4.69) is 9.97 Å². The smallest absolute Gasteiger partial charge is 0.294 e. The van der Waals surface area contributed by atoms with Crippen LogP contribution < -0.4 is 4.74 Å². The maximum Gasteiger partial charge on any atom is 0.294 e. The highest BCUT2D eigenvalue weighted by Crippen LogP contribution is 2.38. The lowest BCUT2D eigenvalue weighted by Gasteiger charge is -2.29. The maximum absolute atomic E-state index is 14.4. The molecule has 0 spiro atoms. The molecule has 0 unspecified atom stereocenters. The van der Waals surface area contributed by atoms with Crippen molar-refractivity contribution in [3.05, 3.63) is 99.6 Å². The molecular formula is C29H20ClFN4O4S. The largest absolute Gasteiger partial charge is 0.436 e. The molecule has 0 N–H and O–H groups in total. The summed E-state index contributed by atoms with van der Waals surface area (Å²) >= 11 is 6.56. The van der Waals surface area contributed by atoms with Crippen molar-refractivity contribution in [1.29, 1.82) is 0 Å². The minimum Gasteiger partial charge on any atom is -0.436 e. The highest BCUT2D eigenvalue weighted by molar-refractivity contribution is 8.18. The summed E-state index contributed by atoms with van der Waals surface area (Å²) in [7, 11) is 0. The summed E-state index contributed by atoms with van der Waals surface area (Å²) < 4.78 is 20.1. The third-order valence-corrected chi connectivity index (χ3v) is 7.84. The van der Waals surface area contributed by atoms with E-state index in [9.17, 15) is 18.8 Å². The van der Waals surface area contributed by atoms with Gasteiger partial charge in [0.05, 0.1) is 11.1 Å². The van der Waals surface area contributed by atoms with Crippen LogP contribution in [0.3, 0.4) is 0 Å². The highest BCUT2D eigenvalue weighted by atomic mass is 35.5. The predicted octanol–water partition coefficient (Wildman–Crippen LogP) is 5.84. The van der Waals surface area contributed by atoms with Gasteiger partial charge in [-0.25, -0.2) is 4.98 Å². The standard InChI is InChI=1S/C29H20ClFN4O4S/c30-28-32-14-22(31)26(33-28)39-23-10-9-18-6-3-4-8-20(18)21(23)13-24-27(37)35(29(38)40-24)16-25(36)34-12-11-17-5-1-2-7-19(17)15-34/h1-10,13-14H,11-12,15-16H2/b24-13+. The van der Waals surface area contributed by atoms with Crippen molar-refractivity contribution >= 4 is 57.3 Å². The molecule has 11 heteroatoms. The van der Waals surface area contributed by atoms with Crippen LogP contribution in [0, 0.1) is 5.82 Å². The van der Waals surface area contributed by atoms with Crippen LogP contribution in [0.5, 0.6) is 11.6 Å². The first kappa shape index (κ1) is 26.0. The van der Waals surface area contributed by atoms with Crippen LogP contribution in [-0.2, 0) is 22.6 Å². The summed E-state index contributed by atoms with van der Waals surface area (Å²) in [4.78, 5) is 49.4. The average molecular weight is 575 g/mol. The lowest BCUT2D eigenvalue weighted by atomic mass is 10.00. The van der Waals surface area contributed by atoms with E-state index in [1.54, 1.807) is 17.0 Å². The highest BCUT2D eigenvalue weighted by Gasteiger charge is 2.38. The van der Waals surface area contributed by atoms with Gasteiger partial charge in [-0.3, -0.25) is 19.3 Å². The Morgan fingerprint density at radius 1 is 1.07 bits per heavy atom. The van der Waals surface area contributed by atoms with Crippen molar-refractivity contribution in [3.8, 4) is 11.6 Å². The lowest BCUT2D eigenvalue weighted by molar-refractivity contribution is -0.136. The van der Waals surface area contributed by atoms with Crippen molar-refractivity contribution in [2.45, 2.75) is 13.0 Å². The van der Waals surface area contributed by atoms with Gasteiger partial charge >= 0.3 is 0 Å². The van der Waals surface area contributed by atoms with Gasteiger partial charge < -0.3 is 9.64 Å². The Kier molecular flexibility index (Phi) is 6.95. The molecule has 1 aromatic heterocycles. The van der Waals surface area contributed by atoms with Crippen LogP contribution in [0.1, 0.15) is 16.7 Å². The summed E-state index contributed by atoms with van der Waals surface area (Å²) in [6, 6.07) is 18.7.